The summed E-state index contributed by atoms with van der Waals surface area (Å²) in [6.45, 7) is 4.77. The van der Waals surface area contributed by atoms with Crippen LogP contribution in [0.1, 0.15) is 20.8 Å². The van der Waals surface area contributed by atoms with Crippen molar-refractivity contribution in [3.05, 3.63) is 0 Å². The Bertz CT molecular complexity index is 292. The lowest BCUT2D eigenvalue weighted by atomic mass is 10.2. The van der Waals surface area contributed by atoms with Crippen molar-refractivity contribution < 1.29 is 19.1 Å². The quantitative estimate of drug-likeness (QED) is 0.577. The van der Waals surface area contributed by atoms with Crippen LogP contribution in [-0.4, -0.2) is 35.1 Å². The fraction of sp³-hybridized carbons (Fsp3) is 0.625. The van der Waals surface area contributed by atoms with Gasteiger partial charge in [0.05, 0.1) is 0 Å². The third kappa shape index (κ3) is 2.45. The van der Waals surface area contributed by atoms with Gasteiger partial charge in [-0.1, -0.05) is 0 Å². The molecule has 0 aromatic carbocycles. The van der Waals surface area contributed by atoms with Gasteiger partial charge in [0.1, 0.15) is 12.1 Å². The second-order valence-corrected chi connectivity index (χ2v) is 3.92. The van der Waals surface area contributed by atoms with Crippen LogP contribution in [0, 0.1) is 0 Å². The lowest BCUT2D eigenvalue weighted by Crippen LogP contribution is -2.38. The van der Waals surface area contributed by atoms with Crippen LogP contribution < -0.4 is 5.32 Å². The van der Waals surface area contributed by atoms with Gasteiger partial charge in [-0.2, -0.15) is 0 Å². The number of nitrogens with one attached hydrogen (secondary N) is 1. The molecule has 0 aromatic heterocycles. The lowest BCUT2D eigenvalue weighted by Gasteiger charge is -2.22. The maximum Gasteiger partial charge on any atom is 0.419 e. The van der Waals surface area contributed by atoms with Crippen LogP contribution in [0.3, 0.4) is 0 Å². The number of nitrogens with zero attached hydrogens (tertiary/aromatic N) is 1. The summed E-state index contributed by atoms with van der Waals surface area (Å²) in [7, 11) is 0. The van der Waals surface area contributed by atoms with Crippen molar-refractivity contribution >= 4 is 18.0 Å². The van der Waals surface area contributed by atoms with Gasteiger partial charge in [-0.05, 0) is 20.8 Å². The molecule has 4 amide bonds. The molecule has 0 saturated carbocycles. The maximum absolute atomic E-state index is 11.3. The molecule has 0 spiro atoms. The van der Waals surface area contributed by atoms with Gasteiger partial charge >= 0.3 is 12.1 Å². The van der Waals surface area contributed by atoms with Gasteiger partial charge in [0.2, 0.25) is 5.91 Å². The van der Waals surface area contributed by atoms with Gasteiger partial charge < -0.3 is 4.74 Å². The highest BCUT2D eigenvalue weighted by Crippen LogP contribution is 2.11. The normalized spacial score (nSPS) is 16.9. The van der Waals surface area contributed by atoms with Gasteiger partial charge in [0, 0.05) is 0 Å². The number of carbonyl (C=O) groups is 3. The molecule has 0 unspecified atom stereocenters. The molecule has 14 heavy (non-hydrogen) atoms. The van der Waals surface area contributed by atoms with Crippen LogP contribution in [0.5, 0.6) is 0 Å². The minimum atomic E-state index is -0.805. The largest absolute Gasteiger partial charge is 0.443 e. The molecule has 1 fully saturated rings. The second-order valence-electron chi connectivity index (χ2n) is 3.92. The number of hydrogen-bond acceptors (Lipinski definition) is 4. The average molecular weight is 200 g/mol. The van der Waals surface area contributed by atoms with Crippen molar-refractivity contribution in [3.8, 4) is 0 Å². The summed E-state index contributed by atoms with van der Waals surface area (Å²) in [4.78, 5) is 33.8. The number of ether oxygens (including phenoxy) is 1. The molecule has 1 heterocycles. The highest BCUT2D eigenvalue weighted by atomic mass is 16.6. The molecular weight excluding hydrogens is 188 g/mol. The van der Waals surface area contributed by atoms with Gasteiger partial charge in [-0.25, -0.2) is 14.5 Å². The Morgan fingerprint density at radius 2 is 2.00 bits per heavy atom. The minimum absolute atomic E-state index is 0.270. The van der Waals surface area contributed by atoms with Crippen LogP contribution in [0.25, 0.3) is 0 Å². The smallest absolute Gasteiger partial charge is 0.419 e. The first-order valence-electron chi connectivity index (χ1n) is 4.14. The molecule has 6 heteroatoms. The van der Waals surface area contributed by atoms with Crippen LogP contribution in [0.4, 0.5) is 9.59 Å². The summed E-state index contributed by atoms with van der Waals surface area (Å²) in [6.07, 6.45) is -0.805. The van der Waals surface area contributed by atoms with Crippen LogP contribution >= 0.6 is 0 Å². The predicted molar refractivity (Wildman–Crippen MR) is 46.5 cm³/mol. The summed E-state index contributed by atoms with van der Waals surface area (Å²) < 4.78 is 4.91. The van der Waals surface area contributed by atoms with E-state index in [1.807, 2.05) is 5.32 Å². The molecule has 0 bridgehead atoms. The van der Waals surface area contributed by atoms with Crippen LogP contribution in [0.15, 0.2) is 0 Å². The summed E-state index contributed by atoms with van der Waals surface area (Å²) >= 11 is 0. The van der Waals surface area contributed by atoms with Crippen LogP contribution in [-0.2, 0) is 9.53 Å². The topological polar surface area (TPSA) is 75.7 Å². The zero-order valence-corrected chi connectivity index (χ0v) is 8.29. The van der Waals surface area contributed by atoms with E-state index >= 15 is 0 Å². The SMILES string of the molecule is CC(C)(C)OC(=O)N1CC(=O)NC1=O. The molecule has 1 aliphatic heterocycles. The number of urea groups is 1. The molecule has 1 rings (SSSR count). The van der Waals surface area contributed by atoms with Gasteiger partial charge in [-0.3, -0.25) is 10.1 Å². The molecule has 0 aliphatic carbocycles. The Morgan fingerprint density at radius 3 is 2.36 bits per heavy atom. The van der Waals surface area contributed by atoms with E-state index in [9.17, 15) is 14.4 Å². The summed E-state index contributed by atoms with van der Waals surface area (Å²) in [6, 6.07) is -0.732. The Balaban J connectivity index is 2.62. The number of hydrogen-bond donors (Lipinski definition) is 1. The zero-order chi connectivity index (χ0) is 10.9. The Hall–Kier alpha value is -1.59. The molecule has 1 saturated heterocycles. The molecule has 0 atom stereocenters. The van der Waals surface area contributed by atoms with Crippen molar-refractivity contribution in [3.63, 3.8) is 0 Å². The summed E-state index contributed by atoms with van der Waals surface area (Å²) in [5.41, 5.74) is -0.678. The molecule has 1 N–H and O–H groups in total. The maximum atomic E-state index is 11.3. The van der Waals surface area contributed by atoms with Crippen molar-refractivity contribution in [2.24, 2.45) is 0 Å². The molecular formula is C8H12N2O4. The van der Waals surface area contributed by atoms with Gasteiger partial charge in [0.25, 0.3) is 0 Å². The molecule has 0 aromatic rings. The third-order valence-electron chi connectivity index (χ3n) is 1.41. The minimum Gasteiger partial charge on any atom is -0.443 e. The van der Waals surface area contributed by atoms with Gasteiger partial charge in [-0.15, -0.1) is 0 Å². The first-order chi connectivity index (χ1) is 6.29. The lowest BCUT2D eigenvalue weighted by molar-refractivity contribution is -0.118. The Labute approximate surface area is 81.2 Å². The molecule has 0 radical (unpaired) electrons. The van der Waals surface area contributed by atoms with E-state index in [1.54, 1.807) is 20.8 Å². The second kappa shape index (κ2) is 3.28. The average Bonchev–Trinajstić information content (AvgIpc) is 2.26. The highest BCUT2D eigenvalue weighted by molar-refractivity contribution is 6.08. The number of rotatable bonds is 0. The van der Waals surface area contributed by atoms with Crippen molar-refractivity contribution in [1.29, 1.82) is 0 Å². The molecule has 1 aliphatic rings. The van der Waals surface area contributed by atoms with Crippen molar-refractivity contribution in [2.75, 3.05) is 6.54 Å². The van der Waals surface area contributed by atoms with Crippen molar-refractivity contribution in [2.45, 2.75) is 26.4 Å². The number of imide groups is 2. The number of amides is 4. The van der Waals surface area contributed by atoms with Crippen LogP contribution in [0.2, 0.25) is 0 Å². The summed E-state index contributed by atoms with van der Waals surface area (Å²) in [5, 5.41) is 1.98. The Morgan fingerprint density at radius 1 is 1.43 bits per heavy atom. The number of carbonyl (C=O) groups excluding carboxylic acids is 3. The van der Waals surface area contributed by atoms with E-state index in [0.29, 0.717) is 0 Å². The van der Waals surface area contributed by atoms with E-state index in [4.69, 9.17) is 4.74 Å². The fourth-order valence-electron chi connectivity index (χ4n) is 0.906. The van der Waals surface area contributed by atoms with E-state index < -0.39 is 23.6 Å². The predicted octanol–water partition coefficient (Wildman–Crippen LogP) is 0.473. The zero-order valence-electron chi connectivity index (χ0n) is 8.29. The summed E-state index contributed by atoms with van der Waals surface area (Å²) in [5.74, 6) is -0.499. The van der Waals surface area contributed by atoms with Gasteiger partial charge in [0.15, 0.2) is 0 Å². The van der Waals surface area contributed by atoms with E-state index in [-0.39, 0.29) is 6.54 Å². The fourth-order valence-corrected chi connectivity index (χ4v) is 0.906. The monoisotopic (exact) mass is 200 g/mol. The molecule has 6 nitrogen and oxygen atoms in total. The Kier molecular flexibility index (Phi) is 2.46. The first-order valence-corrected chi connectivity index (χ1v) is 4.14. The van der Waals surface area contributed by atoms with E-state index in [1.165, 1.54) is 0 Å². The van der Waals surface area contributed by atoms with E-state index in [2.05, 4.69) is 0 Å². The van der Waals surface area contributed by atoms with E-state index in [0.717, 1.165) is 4.90 Å². The first kappa shape index (κ1) is 10.5. The third-order valence-corrected chi connectivity index (χ3v) is 1.41. The molecule has 78 valence electrons. The van der Waals surface area contributed by atoms with Crippen molar-refractivity contribution in [1.82, 2.24) is 10.2 Å². The standard InChI is InChI=1S/C8H12N2O4/c1-8(2,3)14-7(13)10-4-5(11)9-6(10)12/h4H2,1-3H3,(H,9,11,12). The highest BCUT2D eigenvalue weighted by Gasteiger charge is 2.34.